The Morgan fingerprint density at radius 2 is 2.24 bits per heavy atom. The second kappa shape index (κ2) is 5.02. The van der Waals surface area contributed by atoms with Gasteiger partial charge in [0.1, 0.15) is 0 Å². The number of carboxylic acids is 1. The van der Waals surface area contributed by atoms with Crippen molar-refractivity contribution in [1.82, 2.24) is 15.2 Å². The van der Waals surface area contributed by atoms with Crippen molar-refractivity contribution in [1.29, 1.82) is 0 Å². The summed E-state index contributed by atoms with van der Waals surface area (Å²) in [4.78, 5) is 14.8. The maximum absolute atomic E-state index is 10.9. The lowest BCUT2D eigenvalue weighted by Gasteiger charge is -2.07. The van der Waals surface area contributed by atoms with Gasteiger partial charge >= 0.3 is 5.97 Å². The Morgan fingerprint density at radius 1 is 1.35 bits per heavy atom. The van der Waals surface area contributed by atoms with Gasteiger partial charge in [0, 0.05) is 12.4 Å². The van der Waals surface area contributed by atoms with Crippen molar-refractivity contribution >= 4 is 11.7 Å². The van der Waals surface area contributed by atoms with E-state index in [1.165, 1.54) is 18.5 Å². The summed E-state index contributed by atoms with van der Waals surface area (Å²) in [6.45, 7) is 0.403. The van der Waals surface area contributed by atoms with Crippen LogP contribution in [0.4, 0.5) is 5.69 Å². The minimum absolute atomic E-state index is 0.184. The van der Waals surface area contributed by atoms with Crippen molar-refractivity contribution < 1.29 is 9.90 Å². The predicted octanol–water partition coefficient (Wildman–Crippen LogP) is 1.18. The number of nitrogens with zero attached hydrogens (tertiary/aromatic N) is 3. The van der Waals surface area contributed by atoms with Crippen LogP contribution in [-0.2, 0) is 6.54 Å². The van der Waals surface area contributed by atoms with Gasteiger partial charge in [-0.15, -0.1) is 0 Å². The summed E-state index contributed by atoms with van der Waals surface area (Å²) in [5.41, 5.74) is 1.38. The first-order valence-electron chi connectivity index (χ1n) is 4.95. The number of pyridine rings is 1. The van der Waals surface area contributed by atoms with E-state index in [0.29, 0.717) is 12.2 Å². The normalized spacial score (nSPS) is 9.88. The molecule has 0 amide bonds. The molecule has 0 aromatic carbocycles. The highest BCUT2D eigenvalue weighted by Gasteiger charge is 2.09. The van der Waals surface area contributed by atoms with Gasteiger partial charge in [0.2, 0.25) is 0 Å². The lowest BCUT2D eigenvalue weighted by atomic mass is 10.2. The molecule has 0 radical (unpaired) electrons. The number of carboxylic acid groups (broad SMARTS) is 1. The van der Waals surface area contributed by atoms with Crippen LogP contribution in [0.2, 0.25) is 0 Å². The minimum Gasteiger partial charge on any atom is -0.478 e. The Balaban J connectivity index is 2.12. The highest BCUT2D eigenvalue weighted by atomic mass is 16.4. The van der Waals surface area contributed by atoms with Crippen molar-refractivity contribution in [2.45, 2.75) is 6.54 Å². The van der Waals surface area contributed by atoms with E-state index < -0.39 is 5.97 Å². The van der Waals surface area contributed by atoms with Crippen molar-refractivity contribution in [2.24, 2.45) is 0 Å². The molecule has 17 heavy (non-hydrogen) atoms. The monoisotopic (exact) mass is 230 g/mol. The first-order chi connectivity index (χ1) is 8.27. The van der Waals surface area contributed by atoms with Gasteiger partial charge in [-0.1, -0.05) is 0 Å². The lowest BCUT2D eigenvalue weighted by Crippen LogP contribution is -2.07. The smallest absolute Gasteiger partial charge is 0.337 e. The van der Waals surface area contributed by atoms with Crippen LogP contribution in [0.15, 0.2) is 36.8 Å². The van der Waals surface area contributed by atoms with Crippen molar-refractivity contribution in [3.63, 3.8) is 0 Å². The highest BCUT2D eigenvalue weighted by Crippen LogP contribution is 2.13. The van der Waals surface area contributed by atoms with E-state index in [4.69, 9.17) is 5.11 Å². The third kappa shape index (κ3) is 2.75. The largest absolute Gasteiger partial charge is 0.478 e. The van der Waals surface area contributed by atoms with Crippen molar-refractivity contribution in [3.05, 3.63) is 48.0 Å². The van der Waals surface area contributed by atoms with Gasteiger partial charge in [-0.3, -0.25) is 4.98 Å². The summed E-state index contributed by atoms with van der Waals surface area (Å²) in [6.07, 6.45) is 4.49. The van der Waals surface area contributed by atoms with Gasteiger partial charge in [0.05, 0.1) is 29.7 Å². The Hall–Kier alpha value is -2.50. The summed E-state index contributed by atoms with van der Waals surface area (Å²) in [5.74, 6) is -0.992. The molecular formula is C11H10N4O2. The van der Waals surface area contributed by atoms with Gasteiger partial charge in [-0.2, -0.15) is 10.2 Å². The summed E-state index contributed by atoms with van der Waals surface area (Å²) < 4.78 is 0. The van der Waals surface area contributed by atoms with Crippen LogP contribution in [0.5, 0.6) is 0 Å². The van der Waals surface area contributed by atoms with E-state index in [1.807, 2.05) is 0 Å². The Morgan fingerprint density at radius 3 is 2.94 bits per heavy atom. The van der Waals surface area contributed by atoms with E-state index in [-0.39, 0.29) is 5.56 Å². The molecule has 0 saturated heterocycles. The molecule has 2 N–H and O–H groups in total. The molecule has 0 atom stereocenters. The Labute approximate surface area is 97.4 Å². The van der Waals surface area contributed by atoms with E-state index in [2.05, 4.69) is 20.5 Å². The molecule has 0 aliphatic heterocycles. The fourth-order valence-electron chi connectivity index (χ4n) is 1.34. The van der Waals surface area contributed by atoms with E-state index in [1.54, 1.807) is 18.3 Å². The molecular weight excluding hydrogens is 220 g/mol. The molecule has 6 nitrogen and oxygen atoms in total. The van der Waals surface area contributed by atoms with Crippen LogP contribution in [-0.4, -0.2) is 26.3 Å². The van der Waals surface area contributed by atoms with E-state index in [9.17, 15) is 4.79 Å². The Kier molecular flexibility index (Phi) is 3.25. The lowest BCUT2D eigenvalue weighted by molar-refractivity contribution is 0.0698. The fourth-order valence-corrected chi connectivity index (χ4v) is 1.34. The number of anilines is 1. The van der Waals surface area contributed by atoms with Gasteiger partial charge in [0.15, 0.2) is 0 Å². The van der Waals surface area contributed by atoms with Crippen molar-refractivity contribution in [2.75, 3.05) is 5.32 Å². The molecule has 6 heteroatoms. The standard InChI is InChI=1S/C11H10N4O2/c16-11(17)9-3-5-12-7-10(9)13-6-8-2-1-4-14-15-8/h1-5,7,13H,6H2,(H,16,17). The highest BCUT2D eigenvalue weighted by molar-refractivity contribution is 5.93. The summed E-state index contributed by atoms with van der Waals surface area (Å²) in [6, 6.07) is 5.02. The first kappa shape index (κ1) is 11.0. The molecule has 0 fully saturated rings. The number of aromatic nitrogens is 3. The molecule has 2 aromatic heterocycles. The quantitative estimate of drug-likeness (QED) is 0.820. The summed E-state index contributed by atoms with van der Waals surface area (Å²) >= 11 is 0. The van der Waals surface area contributed by atoms with Gasteiger partial charge in [-0.05, 0) is 18.2 Å². The zero-order chi connectivity index (χ0) is 12.1. The summed E-state index contributed by atoms with van der Waals surface area (Å²) in [7, 11) is 0. The van der Waals surface area contributed by atoms with Crippen molar-refractivity contribution in [3.8, 4) is 0 Å². The predicted molar refractivity (Wildman–Crippen MR) is 60.6 cm³/mol. The molecule has 0 aliphatic rings. The molecule has 0 unspecified atom stereocenters. The fraction of sp³-hybridized carbons (Fsp3) is 0.0909. The van der Waals surface area contributed by atoms with Crippen LogP contribution in [0.1, 0.15) is 16.1 Å². The number of carbonyl (C=O) groups is 1. The zero-order valence-electron chi connectivity index (χ0n) is 8.87. The van der Waals surface area contributed by atoms with Gasteiger partial charge in [0.25, 0.3) is 0 Å². The van der Waals surface area contributed by atoms with Crippen LogP contribution in [0.3, 0.4) is 0 Å². The molecule has 0 bridgehead atoms. The van der Waals surface area contributed by atoms with Gasteiger partial charge < -0.3 is 10.4 Å². The molecule has 2 aromatic rings. The molecule has 0 saturated carbocycles. The van der Waals surface area contributed by atoms with E-state index in [0.717, 1.165) is 5.69 Å². The number of rotatable bonds is 4. The second-order valence-electron chi connectivity index (χ2n) is 3.29. The first-order valence-corrected chi connectivity index (χ1v) is 4.95. The van der Waals surface area contributed by atoms with E-state index >= 15 is 0 Å². The number of hydrogen-bond donors (Lipinski definition) is 2. The SMILES string of the molecule is O=C(O)c1ccncc1NCc1cccnn1. The third-order valence-electron chi connectivity index (χ3n) is 2.14. The minimum atomic E-state index is -0.992. The maximum Gasteiger partial charge on any atom is 0.337 e. The average molecular weight is 230 g/mol. The maximum atomic E-state index is 10.9. The van der Waals surface area contributed by atoms with Crippen LogP contribution in [0, 0.1) is 0 Å². The summed E-state index contributed by atoms with van der Waals surface area (Å²) in [5, 5.41) is 19.6. The molecule has 0 aliphatic carbocycles. The number of aromatic carboxylic acids is 1. The number of nitrogens with one attached hydrogen (secondary N) is 1. The zero-order valence-corrected chi connectivity index (χ0v) is 8.87. The second-order valence-corrected chi connectivity index (χ2v) is 3.29. The molecule has 2 heterocycles. The van der Waals surface area contributed by atoms with Crippen LogP contribution >= 0.6 is 0 Å². The number of hydrogen-bond acceptors (Lipinski definition) is 5. The van der Waals surface area contributed by atoms with Crippen LogP contribution < -0.4 is 5.32 Å². The molecule has 2 rings (SSSR count). The molecule has 0 spiro atoms. The van der Waals surface area contributed by atoms with Crippen LogP contribution in [0.25, 0.3) is 0 Å². The van der Waals surface area contributed by atoms with Gasteiger partial charge in [-0.25, -0.2) is 4.79 Å². The Bertz CT molecular complexity index is 516. The average Bonchev–Trinajstić information content (AvgIpc) is 2.38. The topological polar surface area (TPSA) is 88.0 Å². The third-order valence-corrected chi connectivity index (χ3v) is 2.14. The molecule has 86 valence electrons.